The van der Waals surface area contributed by atoms with Crippen molar-refractivity contribution in [1.29, 1.82) is 0 Å². The molecular weight excluding hydrogens is 236 g/mol. The Morgan fingerprint density at radius 2 is 1.79 bits per heavy atom. The van der Waals surface area contributed by atoms with Crippen molar-refractivity contribution in [3.63, 3.8) is 0 Å². The fourth-order valence-corrected chi connectivity index (χ4v) is 2.40. The van der Waals surface area contributed by atoms with Gasteiger partial charge in [0.2, 0.25) is 0 Å². The fourth-order valence-electron chi connectivity index (χ4n) is 2.40. The summed E-state index contributed by atoms with van der Waals surface area (Å²) in [5.41, 5.74) is 10.1. The first kappa shape index (κ1) is 11.9. The van der Waals surface area contributed by atoms with Gasteiger partial charge in [-0.15, -0.1) is 0 Å². The molecular formula is C16H18N2O. The van der Waals surface area contributed by atoms with E-state index >= 15 is 0 Å². The van der Waals surface area contributed by atoms with Crippen LogP contribution in [0.4, 0.5) is 17.1 Å². The number of ether oxygens (including phenoxy) is 1. The van der Waals surface area contributed by atoms with Crippen molar-refractivity contribution in [2.24, 2.45) is 0 Å². The van der Waals surface area contributed by atoms with Crippen LogP contribution >= 0.6 is 0 Å². The molecule has 3 rings (SSSR count). The zero-order valence-corrected chi connectivity index (χ0v) is 11.1. The van der Waals surface area contributed by atoms with Crippen molar-refractivity contribution in [2.75, 3.05) is 24.3 Å². The smallest absolute Gasteiger partial charge is 0.122 e. The summed E-state index contributed by atoms with van der Waals surface area (Å²) >= 11 is 0. The van der Waals surface area contributed by atoms with E-state index in [1.807, 2.05) is 24.3 Å². The lowest BCUT2D eigenvalue weighted by Crippen LogP contribution is -2.12. The summed E-state index contributed by atoms with van der Waals surface area (Å²) in [6.07, 6.45) is 2.20. The number of nitrogens with two attached hydrogens (primary N) is 1. The van der Waals surface area contributed by atoms with Crippen LogP contribution in [0.15, 0.2) is 42.5 Å². The summed E-state index contributed by atoms with van der Waals surface area (Å²) in [4.78, 5) is 2.16. The SMILES string of the molecule is CN(c1ccc(N)cc1)c1ccc2c(c1)CCCO2. The zero-order chi connectivity index (χ0) is 13.2. The molecule has 0 atom stereocenters. The Labute approximate surface area is 113 Å². The average Bonchev–Trinajstić information content (AvgIpc) is 2.47. The van der Waals surface area contributed by atoms with E-state index in [1.165, 1.54) is 11.3 Å². The normalized spacial score (nSPS) is 13.5. The highest BCUT2D eigenvalue weighted by Gasteiger charge is 2.12. The molecule has 0 aliphatic carbocycles. The van der Waals surface area contributed by atoms with Crippen LogP contribution in [0.2, 0.25) is 0 Å². The van der Waals surface area contributed by atoms with Gasteiger partial charge in [0.05, 0.1) is 6.61 Å². The van der Waals surface area contributed by atoms with Crippen molar-refractivity contribution in [2.45, 2.75) is 12.8 Å². The lowest BCUT2D eigenvalue weighted by Gasteiger charge is -2.23. The number of rotatable bonds is 2. The fraction of sp³-hybridized carbons (Fsp3) is 0.250. The highest BCUT2D eigenvalue weighted by Crippen LogP contribution is 2.31. The van der Waals surface area contributed by atoms with Gasteiger partial charge >= 0.3 is 0 Å². The van der Waals surface area contributed by atoms with Crippen molar-refractivity contribution in [1.82, 2.24) is 0 Å². The van der Waals surface area contributed by atoms with E-state index in [1.54, 1.807) is 0 Å². The molecule has 1 aliphatic heterocycles. The molecule has 0 unspecified atom stereocenters. The van der Waals surface area contributed by atoms with Gasteiger partial charge in [0.15, 0.2) is 0 Å². The minimum Gasteiger partial charge on any atom is -0.493 e. The lowest BCUT2D eigenvalue weighted by molar-refractivity contribution is 0.288. The molecule has 0 aromatic heterocycles. The maximum Gasteiger partial charge on any atom is 0.122 e. The molecule has 0 fully saturated rings. The van der Waals surface area contributed by atoms with Gasteiger partial charge in [-0.3, -0.25) is 0 Å². The van der Waals surface area contributed by atoms with Crippen LogP contribution in [0.3, 0.4) is 0 Å². The van der Waals surface area contributed by atoms with E-state index in [0.29, 0.717) is 0 Å². The standard InChI is InChI=1S/C16H18N2O/c1-18(14-6-4-13(17)5-7-14)15-8-9-16-12(11-15)3-2-10-19-16/h4-9,11H,2-3,10,17H2,1H3. The third-order valence-electron chi connectivity index (χ3n) is 3.56. The van der Waals surface area contributed by atoms with Gasteiger partial charge in [-0.1, -0.05) is 0 Å². The Morgan fingerprint density at radius 3 is 2.58 bits per heavy atom. The Morgan fingerprint density at radius 1 is 1.05 bits per heavy atom. The molecule has 2 N–H and O–H groups in total. The van der Waals surface area contributed by atoms with Crippen LogP contribution in [0.1, 0.15) is 12.0 Å². The van der Waals surface area contributed by atoms with Crippen molar-refractivity contribution < 1.29 is 4.74 Å². The van der Waals surface area contributed by atoms with Crippen molar-refractivity contribution in [3.05, 3.63) is 48.0 Å². The first-order valence-electron chi connectivity index (χ1n) is 6.59. The van der Waals surface area contributed by atoms with Crippen molar-refractivity contribution in [3.8, 4) is 5.75 Å². The Bertz CT molecular complexity index is 578. The van der Waals surface area contributed by atoms with E-state index < -0.39 is 0 Å². The van der Waals surface area contributed by atoms with Gasteiger partial charge in [0.25, 0.3) is 0 Å². The number of nitrogens with zero attached hydrogens (tertiary/aromatic N) is 1. The number of hydrogen-bond acceptors (Lipinski definition) is 3. The number of anilines is 3. The van der Waals surface area contributed by atoms with Gasteiger partial charge in [-0.25, -0.2) is 0 Å². The quantitative estimate of drug-likeness (QED) is 0.835. The minimum atomic E-state index is 0.788. The number of aryl methyl sites for hydroxylation is 1. The number of fused-ring (bicyclic) bond motifs is 1. The third kappa shape index (κ3) is 2.36. The Hall–Kier alpha value is -2.16. The minimum absolute atomic E-state index is 0.788. The molecule has 98 valence electrons. The average molecular weight is 254 g/mol. The van der Waals surface area contributed by atoms with Gasteiger partial charge < -0.3 is 15.4 Å². The summed E-state index contributed by atoms with van der Waals surface area (Å²) in [7, 11) is 2.07. The molecule has 2 aromatic rings. The van der Waals surface area contributed by atoms with Crippen LogP contribution < -0.4 is 15.4 Å². The second-order valence-corrected chi connectivity index (χ2v) is 4.89. The van der Waals surface area contributed by atoms with Gasteiger partial charge in [0.1, 0.15) is 5.75 Å². The summed E-state index contributed by atoms with van der Waals surface area (Å²) < 4.78 is 5.64. The Kier molecular flexibility index (Phi) is 3.03. The lowest BCUT2D eigenvalue weighted by atomic mass is 10.1. The summed E-state index contributed by atoms with van der Waals surface area (Å²) in [6.45, 7) is 0.833. The topological polar surface area (TPSA) is 38.5 Å². The number of hydrogen-bond donors (Lipinski definition) is 1. The molecule has 0 bridgehead atoms. The molecule has 1 heterocycles. The second-order valence-electron chi connectivity index (χ2n) is 4.89. The molecule has 0 radical (unpaired) electrons. The largest absolute Gasteiger partial charge is 0.493 e. The molecule has 3 heteroatoms. The van der Waals surface area contributed by atoms with E-state index in [4.69, 9.17) is 10.5 Å². The molecule has 19 heavy (non-hydrogen) atoms. The predicted molar refractivity (Wildman–Crippen MR) is 79.2 cm³/mol. The van der Waals surface area contributed by atoms with Crippen LogP contribution in [0.25, 0.3) is 0 Å². The van der Waals surface area contributed by atoms with Gasteiger partial charge in [-0.05, 0) is 60.9 Å². The van der Waals surface area contributed by atoms with E-state index in [2.05, 4.69) is 30.1 Å². The maximum atomic E-state index is 5.72. The molecule has 0 saturated heterocycles. The van der Waals surface area contributed by atoms with E-state index in [0.717, 1.165) is 36.6 Å². The van der Waals surface area contributed by atoms with E-state index in [-0.39, 0.29) is 0 Å². The maximum absolute atomic E-state index is 5.72. The van der Waals surface area contributed by atoms with Gasteiger partial charge in [-0.2, -0.15) is 0 Å². The molecule has 0 spiro atoms. The first-order chi connectivity index (χ1) is 9.24. The zero-order valence-electron chi connectivity index (χ0n) is 11.1. The van der Waals surface area contributed by atoms with Crippen LogP contribution in [0, 0.1) is 0 Å². The summed E-state index contributed by atoms with van der Waals surface area (Å²) in [5.74, 6) is 1.03. The predicted octanol–water partition coefficient (Wildman–Crippen LogP) is 3.36. The highest BCUT2D eigenvalue weighted by atomic mass is 16.5. The molecule has 0 saturated carbocycles. The first-order valence-corrected chi connectivity index (χ1v) is 6.59. The molecule has 0 amide bonds. The molecule has 3 nitrogen and oxygen atoms in total. The second kappa shape index (κ2) is 4.84. The highest BCUT2D eigenvalue weighted by molar-refractivity contribution is 5.66. The van der Waals surface area contributed by atoms with Crippen LogP contribution in [-0.4, -0.2) is 13.7 Å². The Balaban J connectivity index is 1.91. The summed E-state index contributed by atoms with van der Waals surface area (Å²) in [5, 5.41) is 0. The number of nitrogen functional groups attached to an aromatic ring is 1. The third-order valence-corrected chi connectivity index (χ3v) is 3.56. The van der Waals surface area contributed by atoms with E-state index in [9.17, 15) is 0 Å². The molecule has 1 aliphatic rings. The van der Waals surface area contributed by atoms with Crippen LogP contribution in [-0.2, 0) is 6.42 Å². The summed E-state index contributed by atoms with van der Waals surface area (Å²) in [6, 6.07) is 14.3. The molecule has 2 aromatic carbocycles. The van der Waals surface area contributed by atoms with Crippen LogP contribution in [0.5, 0.6) is 5.75 Å². The monoisotopic (exact) mass is 254 g/mol. The van der Waals surface area contributed by atoms with Gasteiger partial charge in [0, 0.05) is 24.1 Å². The number of benzene rings is 2. The van der Waals surface area contributed by atoms with Crippen molar-refractivity contribution >= 4 is 17.1 Å².